The topological polar surface area (TPSA) is 130 Å². The molecular weight excluding hydrogens is 164 g/mol. The zero-order valence-corrected chi connectivity index (χ0v) is 6.57. The van der Waals surface area contributed by atoms with E-state index in [0.717, 1.165) is 0 Å². The highest BCUT2D eigenvalue weighted by molar-refractivity contribution is 5.88. The molecule has 0 aromatic rings. The number of hydrogen-bond donors (Lipinski definition) is 5. The van der Waals surface area contributed by atoms with Crippen LogP contribution in [0.15, 0.2) is 0 Å². The van der Waals surface area contributed by atoms with Crippen LogP contribution in [0.4, 0.5) is 0 Å². The molecule has 2 atom stereocenters. The molecule has 0 saturated carbocycles. The summed E-state index contributed by atoms with van der Waals surface area (Å²) in [5, 5.41) is 9.08. The quantitative estimate of drug-likeness (QED) is 0.177. The third-order valence-electron chi connectivity index (χ3n) is 1.44. The highest BCUT2D eigenvalue weighted by Gasteiger charge is 2.26. The molecule has 0 aliphatic carbocycles. The van der Waals surface area contributed by atoms with Crippen LogP contribution in [0.5, 0.6) is 0 Å². The van der Waals surface area contributed by atoms with E-state index >= 15 is 0 Å². The summed E-state index contributed by atoms with van der Waals surface area (Å²) in [6.07, 6.45) is -1.49. The Bertz CT molecular complexity index is 164. The minimum atomic E-state index is -1.49. The number of rotatable bonds is 3. The standard InChI is InChI=1S/C5H12N4O3/c1-2(4(11)8-6)3(10)5(12)9-7/h2-3,10H,6-7H2,1H3,(H,8,11)(H,9,12). The summed E-state index contributed by atoms with van der Waals surface area (Å²) in [6, 6.07) is 0. The number of hydrazine groups is 2. The average molecular weight is 176 g/mol. The minimum absolute atomic E-state index is 0.633. The third-order valence-corrected chi connectivity index (χ3v) is 1.44. The molecule has 12 heavy (non-hydrogen) atoms. The first-order chi connectivity index (χ1) is 5.54. The maximum Gasteiger partial charge on any atom is 0.263 e. The molecule has 7 nitrogen and oxygen atoms in total. The van der Waals surface area contributed by atoms with Gasteiger partial charge in [0.15, 0.2) is 0 Å². The largest absolute Gasteiger partial charge is 0.382 e. The SMILES string of the molecule is CC(C(=O)NN)C(O)C(=O)NN. The summed E-state index contributed by atoms with van der Waals surface area (Å²) >= 11 is 0. The summed E-state index contributed by atoms with van der Waals surface area (Å²) < 4.78 is 0. The van der Waals surface area contributed by atoms with Crippen LogP contribution in [-0.4, -0.2) is 23.0 Å². The fourth-order valence-corrected chi connectivity index (χ4v) is 0.587. The molecule has 0 bridgehead atoms. The van der Waals surface area contributed by atoms with Gasteiger partial charge in [-0.25, -0.2) is 11.7 Å². The van der Waals surface area contributed by atoms with Crippen LogP contribution in [0.3, 0.4) is 0 Å². The van der Waals surface area contributed by atoms with Crippen LogP contribution in [0.25, 0.3) is 0 Å². The number of aliphatic hydroxyl groups excluding tert-OH is 1. The van der Waals surface area contributed by atoms with Crippen molar-refractivity contribution in [3.05, 3.63) is 0 Å². The molecule has 70 valence electrons. The van der Waals surface area contributed by atoms with E-state index in [4.69, 9.17) is 16.8 Å². The minimum Gasteiger partial charge on any atom is -0.382 e. The molecule has 0 aliphatic heterocycles. The first kappa shape index (κ1) is 10.8. The van der Waals surface area contributed by atoms with E-state index < -0.39 is 23.8 Å². The van der Waals surface area contributed by atoms with Crippen molar-refractivity contribution in [2.24, 2.45) is 17.6 Å². The van der Waals surface area contributed by atoms with E-state index in [-0.39, 0.29) is 0 Å². The second-order valence-electron chi connectivity index (χ2n) is 2.25. The van der Waals surface area contributed by atoms with Gasteiger partial charge in [-0.05, 0) is 0 Å². The van der Waals surface area contributed by atoms with Crippen molar-refractivity contribution in [2.75, 3.05) is 0 Å². The fraction of sp³-hybridized carbons (Fsp3) is 0.600. The normalized spacial score (nSPS) is 14.7. The Morgan fingerprint density at radius 2 is 1.67 bits per heavy atom. The van der Waals surface area contributed by atoms with Crippen molar-refractivity contribution in [1.82, 2.24) is 10.9 Å². The highest BCUT2D eigenvalue weighted by Crippen LogP contribution is 2.01. The second kappa shape index (κ2) is 4.65. The number of amides is 2. The van der Waals surface area contributed by atoms with E-state index in [1.54, 1.807) is 10.9 Å². The maximum atomic E-state index is 10.8. The van der Waals surface area contributed by atoms with E-state index in [0.29, 0.717) is 0 Å². The Kier molecular flexibility index (Phi) is 4.19. The van der Waals surface area contributed by atoms with Crippen molar-refractivity contribution >= 4 is 11.8 Å². The summed E-state index contributed by atoms with van der Waals surface area (Å²) in [4.78, 5) is 21.4. The number of carbonyl (C=O) groups is 2. The monoisotopic (exact) mass is 176 g/mol. The van der Waals surface area contributed by atoms with Gasteiger partial charge in [0.1, 0.15) is 6.10 Å². The number of nitrogens with one attached hydrogen (secondary N) is 2. The third kappa shape index (κ3) is 2.46. The van der Waals surface area contributed by atoms with E-state index in [1.165, 1.54) is 6.92 Å². The highest BCUT2D eigenvalue weighted by atomic mass is 16.3. The summed E-state index contributed by atoms with van der Waals surface area (Å²) in [5.41, 5.74) is 3.52. The Hall–Kier alpha value is -1.18. The Morgan fingerprint density at radius 1 is 1.25 bits per heavy atom. The van der Waals surface area contributed by atoms with Crippen molar-refractivity contribution in [1.29, 1.82) is 0 Å². The average Bonchev–Trinajstić information content (AvgIpc) is 2.12. The first-order valence-corrected chi connectivity index (χ1v) is 3.23. The molecule has 2 amide bonds. The molecule has 7 heteroatoms. The van der Waals surface area contributed by atoms with Gasteiger partial charge in [-0.1, -0.05) is 6.92 Å². The van der Waals surface area contributed by atoms with Crippen molar-refractivity contribution in [3.63, 3.8) is 0 Å². The van der Waals surface area contributed by atoms with Crippen molar-refractivity contribution < 1.29 is 14.7 Å². The van der Waals surface area contributed by atoms with Gasteiger partial charge in [0, 0.05) is 0 Å². The molecule has 0 aromatic carbocycles. The molecule has 0 radical (unpaired) electrons. The summed E-state index contributed by atoms with van der Waals surface area (Å²) in [7, 11) is 0. The molecule has 0 fully saturated rings. The lowest BCUT2D eigenvalue weighted by Gasteiger charge is -2.14. The second-order valence-corrected chi connectivity index (χ2v) is 2.25. The van der Waals surface area contributed by atoms with Crippen molar-refractivity contribution in [2.45, 2.75) is 13.0 Å². The Morgan fingerprint density at radius 3 is 2.00 bits per heavy atom. The van der Waals surface area contributed by atoms with Gasteiger partial charge in [0.25, 0.3) is 5.91 Å². The molecule has 0 heterocycles. The van der Waals surface area contributed by atoms with Crippen LogP contribution in [0, 0.1) is 5.92 Å². The summed E-state index contributed by atoms with van der Waals surface area (Å²) in [5.74, 6) is 7.12. The van der Waals surface area contributed by atoms with Crippen LogP contribution >= 0.6 is 0 Å². The molecule has 0 rings (SSSR count). The van der Waals surface area contributed by atoms with Gasteiger partial charge in [-0.3, -0.25) is 20.4 Å². The number of carbonyl (C=O) groups excluding carboxylic acids is 2. The van der Waals surface area contributed by atoms with E-state index in [9.17, 15) is 9.59 Å². The van der Waals surface area contributed by atoms with Crippen LogP contribution in [0.2, 0.25) is 0 Å². The van der Waals surface area contributed by atoms with Crippen molar-refractivity contribution in [3.8, 4) is 0 Å². The molecule has 2 unspecified atom stereocenters. The van der Waals surface area contributed by atoms with E-state index in [1.807, 2.05) is 0 Å². The molecule has 0 spiro atoms. The number of nitrogens with two attached hydrogens (primary N) is 2. The van der Waals surface area contributed by atoms with Gasteiger partial charge in [0.05, 0.1) is 5.92 Å². The van der Waals surface area contributed by atoms with Crippen LogP contribution < -0.4 is 22.5 Å². The van der Waals surface area contributed by atoms with Gasteiger partial charge in [-0.2, -0.15) is 0 Å². The zero-order valence-electron chi connectivity index (χ0n) is 6.57. The van der Waals surface area contributed by atoms with Gasteiger partial charge < -0.3 is 5.11 Å². The smallest absolute Gasteiger partial charge is 0.263 e. The Balaban J connectivity index is 4.18. The first-order valence-electron chi connectivity index (χ1n) is 3.23. The predicted octanol–water partition coefficient (Wildman–Crippen LogP) is -3.04. The number of aliphatic hydroxyl groups is 1. The fourth-order valence-electron chi connectivity index (χ4n) is 0.587. The maximum absolute atomic E-state index is 10.8. The van der Waals surface area contributed by atoms with Crippen LogP contribution in [0.1, 0.15) is 6.92 Å². The van der Waals surface area contributed by atoms with Crippen LogP contribution in [-0.2, 0) is 9.59 Å². The molecule has 0 saturated heterocycles. The summed E-state index contributed by atoms with van der Waals surface area (Å²) in [6.45, 7) is 1.35. The van der Waals surface area contributed by atoms with Gasteiger partial charge in [0.2, 0.25) is 5.91 Å². The molecular formula is C5H12N4O3. The molecule has 0 aliphatic rings. The zero-order chi connectivity index (χ0) is 9.72. The predicted molar refractivity (Wildman–Crippen MR) is 39.8 cm³/mol. The van der Waals surface area contributed by atoms with E-state index in [2.05, 4.69) is 0 Å². The Labute approximate surface area is 69.0 Å². The number of hydrogen-bond acceptors (Lipinski definition) is 5. The molecule has 7 N–H and O–H groups in total. The lowest BCUT2D eigenvalue weighted by molar-refractivity contribution is -0.139. The van der Waals surface area contributed by atoms with Gasteiger partial charge in [-0.15, -0.1) is 0 Å². The lowest BCUT2D eigenvalue weighted by atomic mass is 10.0. The lowest BCUT2D eigenvalue weighted by Crippen LogP contribution is -2.48. The van der Waals surface area contributed by atoms with Gasteiger partial charge >= 0.3 is 0 Å². The molecule has 0 aromatic heterocycles.